The lowest BCUT2D eigenvalue weighted by Crippen LogP contribution is -2.37. The molecule has 0 radical (unpaired) electrons. The molecule has 0 aliphatic heterocycles. The minimum atomic E-state index is -0.422. The Morgan fingerprint density at radius 3 is 2.56 bits per heavy atom. The molecule has 3 rings (SSSR count). The van der Waals surface area contributed by atoms with Crippen molar-refractivity contribution >= 4 is 11.9 Å². The number of carbonyl (C=O) groups is 1. The Balaban J connectivity index is 1.77. The first-order chi connectivity index (χ1) is 13.1. The molecular formula is C20H20N4O3. The van der Waals surface area contributed by atoms with Crippen molar-refractivity contribution in [2.24, 2.45) is 10.7 Å². The summed E-state index contributed by atoms with van der Waals surface area (Å²) < 4.78 is 10.4. The standard InChI is InChI=1S/C20H20N4O3/c1-13-17(18(24-27-13)15-8-10-16(26-2)11-9-15)19(25)23-20(21)22-12-14-6-4-3-5-7-14/h3-11H,12H2,1-2H3,(H3,21,22,23,25). The Bertz CT molecular complexity index is 947. The molecule has 0 aliphatic carbocycles. The molecule has 138 valence electrons. The van der Waals surface area contributed by atoms with E-state index in [4.69, 9.17) is 15.0 Å². The van der Waals surface area contributed by atoms with Gasteiger partial charge in [-0.25, -0.2) is 4.99 Å². The molecule has 2 aromatic carbocycles. The SMILES string of the molecule is COc1ccc(-c2noc(C)c2C(=O)NC(N)=NCc2ccccc2)cc1. The van der Waals surface area contributed by atoms with Crippen LogP contribution < -0.4 is 15.8 Å². The monoisotopic (exact) mass is 364 g/mol. The number of nitrogens with zero attached hydrogens (tertiary/aromatic N) is 2. The van der Waals surface area contributed by atoms with Crippen LogP contribution in [-0.4, -0.2) is 24.1 Å². The largest absolute Gasteiger partial charge is 0.497 e. The van der Waals surface area contributed by atoms with Crippen LogP contribution in [-0.2, 0) is 6.54 Å². The lowest BCUT2D eigenvalue weighted by Gasteiger charge is -2.06. The number of nitrogens with one attached hydrogen (secondary N) is 1. The topological polar surface area (TPSA) is 103 Å². The van der Waals surface area contributed by atoms with Gasteiger partial charge >= 0.3 is 0 Å². The predicted octanol–water partition coefficient (Wildman–Crippen LogP) is 2.90. The predicted molar refractivity (Wildman–Crippen MR) is 102 cm³/mol. The molecule has 1 aromatic heterocycles. The third kappa shape index (κ3) is 4.33. The van der Waals surface area contributed by atoms with Gasteiger partial charge in [0.15, 0.2) is 5.96 Å². The van der Waals surface area contributed by atoms with Crippen LogP contribution in [0.4, 0.5) is 0 Å². The van der Waals surface area contributed by atoms with Gasteiger partial charge in [-0.3, -0.25) is 10.1 Å². The Hall–Kier alpha value is -3.61. The number of aryl methyl sites for hydroxylation is 1. The summed E-state index contributed by atoms with van der Waals surface area (Å²) in [5.41, 5.74) is 8.34. The molecule has 0 saturated carbocycles. The van der Waals surface area contributed by atoms with Crippen LogP contribution in [0.3, 0.4) is 0 Å². The summed E-state index contributed by atoms with van der Waals surface area (Å²) in [6.07, 6.45) is 0. The van der Waals surface area contributed by atoms with E-state index in [1.54, 1.807) is 38.3 Å². The van der Waals surface area contributed by atoms with E-state index in [9.17, 15) is 4.79 Å². The lowest BCUT2D eigenvalue weighted by atomic mass is 10.1. The van der Waals surface area contributed by atoms with Gasteiger partial charge < -0.3 is 15.0 Å². The highest BCUT2D eigenvalue weighted by atomic mass is 16.5. The number of rotatable bonds is 5. The van der Waals surface area contributed by atoms with Crippen molar-refractivity contribution < 1.29 is 14.1 Å². The number of aliphatic imine (C=N–C) groups is 1. The fourth-order valence-corrected chi connectivity index (χ4v) is 2.56. The highest BCUT2D eigenvalue weighted by molar-refractivity contribution is 6.08. The quantitative estimate of drug-likeness (QED) is 0.535. The Morgan fingerprint density at radius 2 is 1.89 bits per heavy atom. The van der Waals surface area contributed by atoms with Crippen molar-refractivity contribution in [1.82, 2.24) is 10.5 Å². The zero-order valence-electron chi connectivity index (χ0n) is 15.1. The molecule has 0 saturated heterocycles. The Morgan fingerprint density at radius 1 is 1.19 bits per heavy atom. The Kier molecular flexibility index (Phi) is 5.51. The van der Waals surface area contributed by atoms with Crippen LogP contribution in [0.2, 0.25) is 0 Å². The van der Waals surface area contributed by atoms with Gasteiger partial charge in [0.25, 0.3) is 5.91 Å². The van der Waals surface area contributed by atoms with E-state index < -0.39 is 5.91 Å². The second kappa shape index (κ2) is 8.18. The van der Waals surface area contributed by atoms with E-state index in [0.717, 1.165) is 11.1 Å². The van der Waals surface area contributed by atoms with Crippen molar-refractivity contribution in [2.75, 3.05) is 7.11 Å². The summed E-state index contributed by atoms with van der Waals surface area (Å²) in [6, 6.07) is 16.8. The summed E-state index contributed by atoms with van der Waals surface area (Å²) in [4.78, 5) is 16.9. The molecule has 0 atom stereocenters. The first kappa shape index (κ1) is 18.2. The smallest absolute Gasteiger partial charge is 0.263 e. The van der Waals surface area contributed by atoms with Gasteiger partial charge in [-0.2, -0.15) is 0 Å². The zero-order chi connectivity index (χ0) is 19.2. The molecule has 27 heavy (non-hydrogen) atoms. The van der Waals surface area contributed by atoms with Gasteiger partial charge in [0.2, 0.25) is 0 Å². The van der Waals surface area contributed by atoms with Crippen LogP contribution in [0.1, 0.15) is 21.7 Å². The molecule has 3 N–H and O–H groups in total. The first-order valence-electron chi connectivity index (χ1n) is 8.34. The second-order valence-corrected chi connectivity index (χ2v) is 5.83. The molecule has 0 unspecified atom stereocenters. The molecule has 0 aliphatic rings. The van der Waals surface area contributed by atoms with Gasteiger partial charge in [-0.1, -0.05) is 35.5 Å². The van der Waals surface area contributed by atoms with Crippen LogP contribution in [0, 0.1) is 6.92 Å². The number of hydrogen-bond donors (Lipinski definition) is 2. The molecule has 3 aromatic rings. The first-order valence-corrected chi connectivity index (χ1v) is 8.34. The average Bonchev–Trinajstić information content (AvgIpc) is 3.09. The van der Waals surface area contributed by atoms with Crippen molar-refractivity contribution in [3.63, 3.8) is 0 Å². The van der Waals surface area contributed by atoms with Gasteiger partial charge in [0, 0.05) is 5.56 Å². The minimum Gasteiger partial charge on any atom is -0.497 e. The summed E-state index contributed by atoms with van der Waals surface area (Å²) >= 11 is 0. The molecule has 0 spiro atoms. The number of nitrogens with two attached hydrogens (primary N) is 1. The number of aromatic nitrogens is 1. The van der Waals surface area contributed by atoms with Crippen LogP contribution in [0.25, 0.3) is 11.3 Å². The minimum absolute atomic E-state index is 0.0325. The maximum atomic E-state index is 12.7. The fraction of sp³-hybridized carbons (Fsp3) is 0.150. The summed E-state index contributed by atoms with van der Waals surface area (Å²) in [6.45, 7) is 2.05. The van der Waals surface area contributed by atoms with E-state index in [1.165, 1.54) is 0 Å². The average molecular weight is 364 g/mol. The number of ether oxygens (including phenoxy) is 1. The van der Waals surface area contributed by atoms with Gasteiger partial charge in [-0.15, -0.1) is 0 Å². The molecule has 7 nitrogen and oxygen atoms in total. The summed E-state index contributed by atoms with van der Waals surface area (Å²) in [7, 11) is 1.59. The van der Waals surface area contributed by atoms with Crippen molar-refractivity contribution in [3.05, 3.63) is 71.5 Å². The van der Waals surface area contributed by atoms with Crippen LogP contribution in [0.15, 0.2) is 64.1 Å². The zero-order valence-corrected chi connectivity index (χ0v) is 15.1. The van der Waals surface area contributed by atoms with Crippen molar-refractivity contribution in [2.45, 2.75) is 13.5 Å². The number of benzene rings is 2. The Labute approximate surface area is 156 Å². The molecule has 0 fully saturated rings. The van der Waals surface area contributed by atoms with Crippen LogP contribution in [0.5, 0.6) is 5.75 Å². The number of guanidine groups is 1. The maximum Gasteiger partial charge on any atom is 0.263 e. The van der Waals surface area contributed by atoms with E-state index in [-0.39, 0.29) is 5.96 Å². The van der Waals surface area contributed by atoms with Crippen LogP contribution >= 0.6 is 0 Å². The van der Waals surface area contributed by atoms with E-state index in [0.29, 0.717) is 29.3 Å². The normalized spacial score (nSPS) is 11.3. The van der Waals surface area contributed by atoms with E-state index in [1.807, 2.05) is 30.3 Å². The highest BCUT2D eigenvalue weighted by Gasteiger charge is 2.22. The third-order valence-electron chi connectivity index (χ3n) is 3.97. The second-order valence-electron chi connectivity index (χ2n) is 5.83. The molecule has 7 heteroatoms. The lowest BCUT2D eigenvalue weighted by molar-refractivity contribution is 0.0975. The number of carbonyl (C=O) groups excluding carboxylic acids is 1. The number of methoxy groups -OCH3 is 1. The van der Waals surface area contributed by atoms with Gasteiger partial charge in [0.1, 0.15) is 22.8 Å². The molecule has 1 heterocycles. The molecule has 0 bridgehead atoms. The van der Waals surface area contributed by atoms with Gasteiger partial charge in [-0.05, 0) is 36.8 Å². The molecule has 1 amide bonds. The van der Waals surface area contributed by atoms with Crippen molar-refractivity contribution in [1.29, 1.82) is 0 Å². The number of hydrogen-bond acceptors (Lipinski definition) is 5. The summed E-state index contributed by atoms with van der Waals surface area (Å²) in [5, 5.41) is 6.60. The van der Waals surface area contributed by atoms with E-state index >= 15 is 0 Å². The summed E-state index contributed by atoms with van der Waals surface area (Å²) in [5.74, 6) is 0.718. The fourth-order valence-electron chi connectivity index (χ4n) is 2.56. The number of amides is 1. The van der Waals surface area contributed by atoms with E-state index in [2.05, 4.69) is 15.5 Å². The highest BCUT2D eigenvalue weighted by Crippen LogP contribution is 2.26. The molecular weight excluding hydrogens is 344 g/mol. The van der Waals surface area contributed by atoms with Gasteiger partial charge in [0.05, 0.1) is 13.7 Å². The maximum absolute atomic E-state index is 12.7. The third-order valence-corrected chi connectivity index (χ3v) is 3.97. The van der Waals surface area contributed by atoms with Crippen molar-refractivity contribution in [3.8, 4) is 17.0 Å².